The van der Waals surface area contributed by atoms with Crippen molar-refractivity contribution in [1.29, 1.82) is 0 Å². The van der Waals surface area contributed by atoms with Gasteiger partial charge < -0.3 is 5.32 Å². The van der Waals surface area contributed by atoms with Crippen LogP contribution in [0.25, 0.3) is 0 Å². The van der Waals surface area contributed by atoms with E-state index < -0.39 is 0 Å². The first kappa shape index (κ1) is 6.40. The zero-order valence-corrected chi connectivity index (χ0v) is 6.23. The van der Waals surface area contributed by atoms with Gasteiger partial charge in [0.15, 0.2) is 0 Å². The Morgan fingerprint density at radius 2 is 2.11 bits per heavy atom. The summed E-state index contributed by atoms with van der Waals surface area (Å²) in [6, 6.07) is 0.522. The van der Waals surface area contributed by atoms with Crippen molar-refractivity contribution in [2.45, 2.75) is 26.8 Å². The molecule has 0 aromatic rings. The van der Waals surface area contributed by atoms with Crippen LogP contribution in [0.2, 0.25) is 0 Å². The van der Waals surface area contributed by atoms with Crippen LogP contribution < -0.4 is 5.32 Å². The third-order valence-corrected chi connectivity index (χ3v) is 1.70. The Hall–Kier alpha value is -0.720. The zero-order valence-electron chi connectivity index (χ0n) is 6.23. The Morgan fingerprint density at radius 3 is 2.56 bits per heavy atom. The minimum absolute atomic E-state index is 0.522. The first-order valence-electron chi connectivity index (χ1n) is 3.31. The number of hydrogen-bond donors (Lipinski definition) is 1. The van der Waals surface area contributed by atoms with Gasteiger partial charge in [0, 0.05) is 6.04 Å². The van der Waals surface area contributed by atoms with Crippen LogP contribution >= 0.6 is 0 Å². The van der Waals surface area contributed by atoms with Crippen LogP contribution in [0, 0.1) is 0 Å². The zero-order chi connectivity index (χ0) is 6.85. The first-order valence-corrected chi connectivity index (χ1v) is 3.31. The highest BCUT2D eigenvalue weighted by Crippen LogP contribution is 2.09. The summed E-state index contributed by atoms with van der Waals surface area (Å²) < 4.78 is 0. The summed E-state index contributed by atoms with van der Waals surface area (Å²) in [4.78, 5) is 0. The third kappa shape index (κ3) is 1.35. The van der Waals surface area contributed by atoms with E-state index in [2.05, 4.69) is 38.4 Å². The fourth-order valence-corrected chi connectivity index (χ4v) is 0.914. The van der Waals surface area contributed by atoms with Crippen LogP contribution in [-0.2, 0) is 0 Å². The van der Waals surface area contributed by atoms with E-state index in [0.29, 0.717) is 6.04 Å². The number of nitrogens with one attached hydrogen (secondary N) is 1. The highest BCUT2D eigenvalue weighted by Gasteiger charge is 2.04. The topological polar surface area (TPSA) is 12.0 Å². The normalized spacial score (nSPS) is 26.3. The van der Waals surface area contributed by atoms with E-state index >= 15 is 0 Å². The molecule has 0 spiro atoms. The van der Waals surface area contributed by atoms with Gasteiger partial charge in [0.2, 0.25) is 0 Å². The average molecular weight is 123 g/mol. The molecule has 0 saturated carbocycles. The van der Waals surface area contributed by atoms with E-state index in [-0.39, 0.29) is 0 Å². The molecule has 1 heteroatoms. The second-order valence-corrected chi connectivity index (χ2v) is 2.67. The van der Waals surface area contributed by atoms with Gasteiger partial charge in [0.1, 0.15) is 0 Å². The Bertz CT molecular complexity index is 165. The maximum absolute atomic E-state index is 3.25. The van der Waals surface area contributed by atoms with Gasteiger partial charge in [-0.15, -0.1) is 0 Å². The van der Waals surface area contributed by atoms with Crippen molar-refractivity contribution in [3.63, 3.8) is 0 Å². The predicted octanol–water partition coefficient (Wildman–Crippen LogP) is 1.83. The van der Waals surface area contributed by atoms with Gasteiger partial charge in [-0.2, -0.15) is 0 Å². The minimum Gasteiger partial charge on any atom is -0.384 e. The average Bonchev–Trinajstić information content (AvgIpc) is 1.80. The lowest BCUT2D eigenvalue weighted by atomic mass is 10.1. The molecule has 0 aromatic heterocycles. The maximum Gasteiger partial charge on any atom is 0.0440 e. The van der Waals surface area contributed by atoms with Crippen molar-refractivity contribution in [2.24, 2.45) is 0 Å². The molecule has 1 unspecified atom stereocenters. The van der Waals surface area contributed by atoms with E-state index in [4.69, 9.17) is 0 Å². The first-order chi connectivity index (χ1) is 4.20. The van der Waals surface area contributed by atoms with Crippen LogP contribution in [0.5, 0.6) is 0 Å². The van der Waals surface area contributed by atoms with Crippen molar-refractivity contribution in [1.82, 2.24) is 5.32 Å². The molecule has 0 aliphatic carbocycles. The highest BCUT2D eigenvalue weighted by molar-refractivity contribution is 5.27. The molecular formula is C8H13N. The summed E-state index contributed by atoms with van der Waals surface area (Å²) in [5.74, 6) is 0. The van der Waals surface area contributed by atoms with E-state index in [1.807, 2.05) is 0 Å². The van der Waals surface area contributed by atoms with Crippen molar-refractivity contribution in [3.8, 4) is 0 Å². The summed E-state index contributed by atoms with van der Waals surface area (Å²) in [5, 5.41) is 3.25. The molecule has 1 atom stereocenters. The van der Waals surface area contributed by atoms with E-state index in [9.17, 15) is 0 Å². The van der Waals surface area contributed by atoms with Gasteiger partial charge in [-0.1, -0.05) is 11.6 Å². The Balaban J connectivity index is 2.74. The molecule has 9 heavy (non-hydrogen) atoms. The molecule has 0 bridgehead atoms. The summed E-state index contributed by atoms with van der Waals surface area (Å²) in [7, 11) is 0. The highest BCUT2D eigenvalue weighted by atomic mass is 14.9. The van der Waals surface area contributed by atoms with Crippen LogP contribution in [-0.4, -0.2) is 6.04 Å². The predicted molar refractivity (Wildman–Crippen MR) is 40.1 cm³/mol. The molecule has 1 aliphatic rings. The molecule has 1 heterocycles. The molecule has 0 amide bonds. The SMILES string of the molecule is CC1=CNC(C)C(C)=C1. The second kappa shape index (κ2) is 2.26. The molecule has 0 saturated heterocycles. The molecular weight excluding hydrogens is 110 g/mol. The number of dihydropyridines is 1. The molecule has 1 rings (SSSR count). The van der Waals surface area contributed by atoms with Crippen LogP contribution in [0.15, 0.2) is 23.4 Å². The van der Waals surface area contributed by atoms with E-state index in [1.54, 1.807) is 0 Å². The summed E-state index contributed by atoms with van der Waals surface area (Å²) in [6.45, 7) is 6.41. The fraction of sp³-hybridized carbons (Fsp3) is 0.500. The Morgan fingerprint density at radius 1 is 1.44 bits per heavy atom. The van der Waals surface area contributed by atoms with E-state index in [0.717, 1.165) is 0 Å². The lowest BCUT2D eigenvalue weighted by Gasteiger charge is -2.17. The standard InChI is InChI=1S/C8H13N/c1-6-4-7(2)8(3)9-5-6/h4-5,8-9H,1-3H3. The lowest BCUT2D eigenvalue weighted by molar-refractivity contribution is 0.711. The molecule has 0 radical (unpaired) electrons. The Kier molecular flexibility index (Phi) is 1.60. The van der Waals surface area contributed by atoms with Crippen LogP contribution in [0.3, 0.4) is 0 Å². The number of hydrogen-bond acceptors (Lipinski definition) is 1. The van der Waals surface area contributed by atoms with Gasteiger partial charge in [-0.3, -0.25) is 0 Å². The van der Waals surface area contributed by atoms with Crippen molar-refractivity contribution in [2.75, 3.05) is 0 Å². The van der Waals surface area contributed by atoms with Gasteiger partial charge in [-0.05, 0) is 32.5 Å². The molecule has 1 aliphatic heterocycles. The number of allylic oxidation sites excluding steroid dienone is 2. The molecule has 1 N–H and O–H groups in total. The van der Waals surface area contributed by atoms with Gasteiger partial charge in [0.25, 0.3) is 0 Å². The molecule has 1 nitrogen and oxygen atoms in total. The smallest absolute Gasteiger partial charge is 0.0440 e. The summed E-state index contributed by atoms with van der Waals surface area (Å²) in [6.07, 6.45) is 4.26. The lowest BCUT2D eigenvalue weighted by Crippen LogP contribution is -2.24. The van der Waals surface area contributed by atoms with Crippen LogP contribution in [0.1, 0.15) is 20.8 Å². The monoisotopic (exact) mass is 123 g/mol. The number of rotatable bonds is 0. The van der Waals surface area contributed by atoms with Gasteiger partial charge >= 0.3 is 0 Å². The van der Waals surface area contributed by atoms with Gasteiger partial charge in [0.05, 0.1) is 0 Å². The maximum atomic E-state index is 3.25. The fourth-order valence-electron chi connectivity index (χ4n) is 0.914. The third-order valence-electron chi connectivity index (χ3n) is 1.70. The quantitative estimate of drug-likeness (QED) is 0.518. The summed E-state index contributed by atoms with van der Waals surface area (Å²) >= 11 is 0. The van der Waals surface area contributed by atoms with E-state index in [1.165, 1.54) is 11.1 Å². The Labute approximate surface area is 56.5 Å². The summed E-state index contributed by atoms with van der Waals surface area (Å²) in [5.41, 5.74) is 2.72. The van der Waals surface area contributed by atoms with Gasteiger partial charge in [-0.25, -0.2) is 0 Å². The van der Waals surface area contributed by atoms with Crippen molar-refractivity contribution < 1.29 is 0 Å². The molecule has 0 fully saturated rings. The van der Waals surface area contributed by atoms with Crippen molar-refractivity contribution in [3.05, 3.63) is 23.4 Å². The largest absolute Gasteiger partial charge is 0.384 e. The molecule has 0 aromatic carbocycles. The van der Waals surface area contributed by atoms with Crippen molar-refractivity contribution >= 4 is 0 Å². The minimum atomic E-state index is 0.522. The molecule has 50 valence electrons. The van der Waals surface area contributed by atoms with Crippen LogP contribution in [0.4, 0.5) is 0 Å². The second-order valence-electron chi connectivity index (χ2n) is 2.67.